The molecular formula is C15H20FNO2. The third-order valence-corrected chi connectivity index (χ3v) is 4.72. The molecule has 0 aliphatic carbocycles. The van der Waals surface area contributed by atoms with E-state index in [2.05, 4.69) is 5.32 Å². The molecule has 2 bridgehead atoms. The summed E-state index contributed by atoms with van der Waals surface area (Å²) < 4.78 is 18.6. The number of hydrogen-bond donors (Lipinski definition) is 2. The van der Waals surface area contributed by atoms with Crippen LogP contribution in [0.2, 0.25) is 0 Å². The largest absolute Gasteiger partial charge is 0.386 e. The summed E-state index contributed by atoms with van der Waals surface area (Å²) in [5, 5.41) is 14.2. The number of benzene rings is 1. The second-order valence-electron chi connectivity index (χ2n) is 5.95. The molecule has 4 heteroatoms. The Hall–Kier alpha value is -0.970. The lowest BCUT2D eigenvalue weighted by molar-refractivity contribution is 0.0719. The molecule has 2 aliphatic heterocycles. The molecule has 1 aromatic carbocycles. The molecule has 0 saturated carbocycles. The predicted octanol–water partition coefficient (Wildman–Crippen LogP) is 2.16. The van der Waals surface area contributed by atoms with Crippen molar-refractivity contribution in [2.75, 3.05) is 13.7 Å². The van der Waals surface area contributed by atoms with E-state index in [9.17, 15) is 9.50 Å². The minimum Gasteiger partial charge on any atom is -0.386 e. The number of rotatable bonds is 4. The summed E-state index contributed by atoms with van der Waals surface area (Å²) in [7, 11) is 1.71. The first-order chi connectivity index (χ1) is 9.09. The maximum absolute atomic E-state index is 13.3. The molecule has 3 nitrogen and oxygen atoms in total. The van der Waals surface area contributed by atoms with Crippen LogP contribution in [0, 0.1) is 5.82 Å². The second kappa shape index (κ2) is 4.54. The SMILES string of the molecule is COCC12CCC(C(O)c3cccc(F)c3)(CC1)N2. The van der Waals surface area contributed by atoms with Crippen LogP contribution in [0.5, 0.6) is 0 Å². The number of hydrogen-bond acceptors (Lipinski definition) is 3. The average Bonchev–Trinajstić information content (AvgIpc) is 2.95. The van der Waals surface area contributed by atoms with Crippen LogP contribution in [0.25, 0.3) is 0 Å². The fourth-order valence-electron chi connectivity index (χ4n) is 3.75. The summed E-state index contributed by atoms with van der Waals surface area (Å²) in [4.78, 5) is 0. The zero-order chi connectivity index (χ0) is 13.5. The minimum absolute atomic E-state index is 0.00303. The number of aliphatic hydroxyl groups excluding tert-OH is 1. The first-order valence-electron chi connectivity index (χ1n) is 6.81. The zero-order valence-corrected chi connectivity index (χ0v) is 11.2. The molecule has 19 heavy (non-hydrogen) atoms. The smallest absolute Gasteiger partial charge is 0.123 e. The maximum Gasteiger partial charge on any atom is 0.123 e. The van der Waals surface area contributed by atoms with Gasteiger partial charge in [0, 0.05) is 18.2 Å². The van der Waals surface area contributed by atoms with Crippen molar-refractivity contribution in [3.8, 4) is 0 Å². The Morgan fingerprint density at radius 3 is 2.74 bits per heavy atom. The van der Waals surface area contributed by atoms with Gasteiger partial charge < -0.3 is 15.2 Å². The summed E-state index contributed by atoms with van der Waals surface area (Å²) >= 11 is 0. The van der Waals surface area contributed by atoms with Crippen molar-refractivity contribution in [2.24, 2.45) is 0 Å². The van der Waals surface area contributed by atoms with E-state index in [1.54, 1.807) is 19.2 Å². The molecule has 0 radical (unpaired) electrons. The van der Waals surface area contributed by atoms with Gasteiger partial charge in [-0.3, -0.25) is 0 Å². The van der Waals surface area contributed by atoms with Crippen LogP contribution in [0.4, 0.5) is 4.39 Å². The topological polar surface area (TPSA) is 41.5 Å². The highest BCUT2D eigenvalue weighted by Crippen LogP contribution is 2.50. The van der Waals surface area contributed by atoms with Crippen LogP contribution in [0.15, 0.2) is 24.3 Å². The molecule has 104 valence electrons. The van der Waals surface area contributed by atoms with E-state index in [0.717, 1.165) is 25.7 Å². The van der Waals surface area contributed by atoms with Crippen LogP contribution in [0.1, 0.15) is 37.4 Å². The minimum atomic E-state index is -0.663. The molecular weight excluding hydrogens is 245 g/mol. The molecule has 2 saturated heterocycles. The van der Waals surface area contributed by atoms with Crippen molar-refractivity contribution in [1.29, 1.82) is 0 Å². The number of fused-ring (bicyclic) bond motifs is 2. The van der Waals surface area contributed by atoms with E-state index in [4.69, 9.17) is 4.74 Å². The van der Waals surface area contributed by atoms with Crippen molar-refractivity contribution < 1.29 is 14.2 Å². The normalized spacial score (nSPS) is 34.7. The van der Waals surface area contributed by atoms with Gasteiger partial charge in [0.15, 0.2) is 0 Å². The van der Waals surface area contributed by atoms with Gasteiger partial charge in [0.25, 0.3) is 0 Å². The summed E-state index contributed by atoms with van der Waals surface area (Å²) in [5.74, 6) is -0.299. The van der Waals surface area contributed by atoms with E-state index >= 15 is 0 Å². The Balaban J connectivity index is 1.84. The molecule has 0 spiro atoms. The highest BCUT2D eigenvalue weighted by Gasteiger charge is 2.57. The summed E-state index contributed by atoms with van der Waals surface area (Å²) in [6.07, 6.45) is 3.17. The molecule has 1 atom stereocenters. The number of aliphatic hydroxyl groups is 1. The molecule has 2 heterocycles. The van der Waals surface area contributed by atoms with Crippen LogP contribution in [-0.4, -0.2) is 29.9 Å². The van der Waals surface area contributed by atoms with Gasteiger partial charge in [0.2, 0.25) is 0 Å². The highest BCUT2D eigenvalue weighted by molar-refractivity contribution is 5.27. The van der Waals surface area contributed by atoms with Gasteiger partial charge in [-0.1, -0.05) is 12.1 Å². The average molecular weight is 265 g/mol. The molecule has 2 fully saturated rings. The molecule has 0 amide bonds. The van der Waals surface area contributed by atoms with E-state index in [1.807, 2.05) is 0 Å². The molecule has 1 aromatic rings. The number of methoxy groups -OCH3 is 1. The summed E-state index contributed by atoms with van der Waals surface area (Å²) in [6.45, 7) is 0.671. The Kier molecular flexibility index (Phi) is 3.12. The van der Waals surface area contributed by atoms with Crippen LogP contribution in [0.3, 0.4) is 0 Å². The van der Waals surface area contributed by atoms with E-state index in [0.29, 0.717) is 12.2 Å². The molecule has 2 aliphatic rings. The fourth-order valence-corrected chi connectivity index (χ4v) is 3.75. The number of ether oxygens (including phenoxy) is 1. The van der Waals surface area contributed by atoms with Gasteiger partial charge in [-0.2, -0.15) is 0 Å². The van der Waals surface area contributed by atoms with Gasteiger partial charge in [-0.05, 0) is 43.4 Å². The van der Waals surface area contributed by atoms with Crippen LogP contribution in [-0.2, 0) is 4.74 Å². The van der Waals surface area contributed by atoms with Crippen molar-refractivity contribution in [3.63, 3.8) is 0 Å². The van der Waals surface area contributed by atoms with Crippen LogP contribution >= 0.6 is 0 Å². The fraction of sp³-hybridized carbons (Fsp3) is 0.600. The van der Waals surface area contributed by atoms with Crippen LogP contribution < -0.4 is 5.32 Å². The van der Waals surface area contributed by atoms with Gasteiger partial charge in [0.1, 0.15) is 5.82 Å². The van der Waals surface area contributed by atoms with Crippen molar-refractivity contribution >= 4 is 0 Å². The Bertz CT molecular complexity index is 469. The van der Waals surface area contributed by atoms with Gasteiger partial charge in [0.05, 0.1) is 12.7 Å². The van der Waals surface area contributed by atoms with Crippen molar-refractivity contribution in [2.45, 2.75) is 42.9 Å². The summed E-state index contributed by atoms with van der Waals surface area (Å²) in [6, 6.07) is 6.27. The number of halogens is 1. The van der Waals surface area contributed by atoms with E-state index in [1.165, 1.54) is 12.1 Å². The standard InChI is InChI=1S/C15H20FNO2/c1-19-10-14-5-7-15(17-14,8-6-14)13(18)11-3-2-4-12(16)9-11/h2-4,9,13,17-18H,5-8,10H2,1H3. The van der Waals surface area contributed by atoms with E-state index in [-0.39, 0.29) is 16.9 Å². The molecule has 2 N–H and O–H groups in total. The second-order valence-corrected chi connectivity index (χ2v) is 5.95. The van der Waals surface area contributed by atoms with Gasteiger partial charge in [-0.25, -0.2) is 4.39 Å². The molecule has 0 aromatic heterocycles. The third kappa shape index (κ3) is 2.08. The Morgan fingerprint density at radius 1 is 1.37 bits per heavy atom. The Labute approximate surface area is 112 Å². The monoisotopic (exact) mass is 265 g/mol. The maximum atomic E-state index is 13.3. The Morgan fingerprint density at radius 2 is 2.11 bits per heavy atom. The lowest BCUT2D eigenvalue weighted by Crippen LogP contribution is -2.48. The van der Waals surface area contributed by atoms with Gasteiger partial charge >= 0.3 is 0 Å². The highest BCUT2D eigenvalue weighted by atomic mass is 19.1. The van der Waals surface area contributed by atoms with E-state index < -0.39 is 6.10 Å². The quantitative estimate of drug-likeness (QED) is 0.876. The summed E-state index contributed by atoms with van der Waals surface area (Å²) in [5.41, 5.74) is 0.345. The first kappa shape index (κ1) is 13.0. The number of nitrogens with one attached hydrogen (secondary N) is 1. The van der Waals surface area contributed by atoms with Crippen molar-refractivity contribution in [1.82, 2.24) is 5.32 Å². The lowest BCUT2D eigenvalue weighted by atomic mass is 9.78. The zero-order valence-electron chi connectivity index (χ0n) is 11.2. The lowest BCUT2D eigenvalue weighted by Gasteiger charge is -2.32. The predicted molar refractivity (Wildman–Crippen MR) is 70.3 cm³/mol. The van der Waals surface area contributed by atoms with Crippen molar-refractivity contribution in [3.05, 3.63) is 35.6 Å². The first-order valence-corrected chi connectivity index (χ1v) is 6.81. The van der Waals surface area contributed by atoms with Gasteiger partial charge in [-0.15, -0.1) is 0 Å². The third-order valence-electron chi connectivity index (χ3n) is 4.72. The molecule has 3 rings (SSSR count). The molecule has 1 unspecified atom stereocenters.